The maximum Gasteiger partial charge on any atom is 0.314 e. The molecule has 0 saturated carbocycles. The number of nitrogens with zero attached hydrogens (tertiary/aromatic N) is 4. The summed E-state index contributed by atoms with van der Waals surface area (Å²) in [4.78, 5) is 37.1. The van der Waals surface area contributed by atoms with E-state index in [1.807, 2.05) is 29.2 Å². The summed E-state index contributed by atoms with van der Waals surface area (Å²) >= 11 is 0. The van der Waals surface area contributed by atoms with Gasteiger partial charge in [-0.15, -0.1) is 6.58 Å². The topological polar surface area (TPSA) is 86.6 Å². The van der Waals surface area contributed by atoms with Gasteiger partial charge in [0.25, 0.3) is 0 Å². The third kappa shape index (κ3) is 2.26. The van der Waals surface area contributed by atoms with Gasteiger partial charge in [-0.05, 0) is 12.1 Å². The number of carbonyl (C=O) groups is 2. The first kappa shape index (κ1) is 15.6. The molecule has 128 valence electrons. The molecule has 2 aliphatic heterocycles. The van der Waals surface area contributed by atoms with E-state index in [0.29, 0.717) is 18.9 Å². The molecule has 1 aromatic heterocycles. The van der Waals surface area contributed by atoms with Crippen LogP contribution in [0.1, 0.15) is 0 Å². The van der Waals surface area contributed by atoms with Crippen LogP contribution in [0, 0.1) is 11.3 Å². The summed E-state index contributed by atoms with van der Waals surface area (Å²) in [6, 6.07) is 7.52. The monoisotopic (exact) mass is 338 g/mol. The van der Waals surface area contributed by atoms with E-state index in [4.69, 9.17) is 0 Å². The highest BCUT2D eigenvalue weighted by atomic mass is 16.4. The van der Waals surface area contributed by atoms with Crippen molar-refractivity contribution in [2.75, 3.05) is 31.1 Å². The number of para-hydroxylation sites is 2. The van der Waals surface area contributed by atoms with E-state index in [-0.39, 0.29) is 19.0 Å². The fourth-order valence-electron chi connectivity index (χ4n) is 3.89. The fourth-order valence-corrected chi connectivity index (χ4v) is 3.89. The molecule has 2 fully saturated rings. The Morgan fingerprint density at radius 2 is 2.12 bits per heavy atom. The Hall–Kier alpha value is -2.96. The Kier molecular flexibility index (Phi) is 3.45. The van der Waals surface area contributed by atoms with Gasteiger partial charge in [-0.3, -0.25) is 14.6 Å². The number of anilines is 1. The maximum absolute atomic E-state index is 12.6. The Balaban J connectivity index is 1.67. The highest BCUT2D eigenvalue weighted by Gasteiger charge is 2.62. The van der Waals surface area contributed by atoms with Crippen LogP contribution in [0.5, 0.6) is 0 Å². The van der Waals surface area contributed by atoms with Gasteiger partial charge in [0.05, 0.1) is 23.1 Å². The smallest absolute Gasteiger partial charge is 0.314 e. The van der Waals surface area contributed by atoms with E-state index in [1.54, 1.807) is 17.2 Å². The van der Waals surface area contributed by atoms with Crippen molar-refractivity contribution in [2.45, 2.75) is 0 Å². The second-order valence-electron chi connectivity index (χ2n) is 6.62. The second kappa shape index (κ2) is 5.54. The number of hydrogen-bond donors (Lipinski definition) is 1. The summed E-state index contributed by atoms with van der Waals surface area (Å²) in [5, 5.41) is 9.85. The van der Waals surface area contributed by atoms with Crippen LogP contribution in [0.4, 0.5) is 5.82 Å². The summed E-state index contributed by atoms with van der Waals surface area (Å²) in [6.45, 7) is 4.81. The van der Waals surface area contributed by atoms with Crippen LogP contribution in [0.25, 0.3) is 11.0 Å². The van der Waals surface area contributed by atoms with E-state index in [9.17, 15) is 14.7 Å². The first-order chi connectivity index (χ1) is 12.0. The molecule has 4 rings (SSSR count). The summed E-state index contributed by atoms with van der Waals surface area (Å²) in [6.07, 6.45) is 3.27. The van der Waals surface area contributed by atoms with Crippen molar-refractivity contribution in [3.8, 4) is 0 Å². The van der Waals surface area contributed by atoms with Crippen molar-refractivity contribution in [1.29, 1.82) is 0 Å². The SMILES string of the molecule is C=CCN1C[C@]2(C(=O)O)CN(c3cnc4ccccc4n3)C[C@@H]2C1=O. The van der Waals surface area contributed by atoms with E-state index in [2.05, 4.69) is 16.5 Å². The van der Waals surface area contributed by atoms with Gasteiger partial charge in [-0.1, -0.05) is 18.2 Å². The van der Waals surface area contributed by atoms with Crippen LogP contribution in [-0.4, -0.2) is 58.0 Å². The number of carbonyl (C=O) groups excluding carboxylic acids is 1. The highest BCUT2D eigenvalue weighted by molar-refractivity contribution is 5.93. The number of hydrogen-bond acceptors (Lipinski definition) is 5. The minimum Gasteiger partial charge on any atom is -0.481 e. The van der Waals surface area contributed by atoms with E-state index in [1.165, 1.54) is 0 Å². The molecule has 2 aliphatic rings. The zero-order valence-corrected chi connectivity index (χ0v) is 13.6. The number of carboxylic acid groups (broad SMARTS) is 1. The van der Waals surface area contributed by atoms with Gasteiger partial charge < -0.3 is 14.9 Å². The molecule has 1 N–H and O–H groups in total. The lowest BCUT2D eigenvalue weighted by molar-refractivity contribution is -0.149. The summed E-state index contributed by atoms with van der Waals surface area (Å²) in [5.41, 5.74) is 0.431. The van der Waals surface area contributed by atoms with E-state index < -0.39 is 17.3 Å². The van der Waals surface area contributed by atoms with Gasteiger partial charge in [0.15, 0.2) is 0 Å². The van der Waals surface area contributed by atoms with Crippen LogP contribution >= 0.6 is 0 Å². The fraction of sp³-hybridized carbons (Fsp3) is 0.333. The molecule has 0 spiro atoms. The average molecular weight is 338 g/mol. The number of benzene rings is 1. The molecule has 1 aromatic carbocycles. The van der Waals surface area contributed by atoms with Crippen molar-refractivity contribution in [1.82, 2.24) is 14.9 Å². The van der Waals surface area contributed by atoms with E-state index >= 15 is 0 Å². The van der Waals surface area contributed by atoms with Gasteiger partial charge in [0, 0.05) is 26.2 Å². The zero-order chi connectivity index (χ0) is 17.6. The van der Waals surface area contributed by atoms with Crippen LogP contribution < -0.4 is 4.90 Å². The Morgan fingerprint density at radius 3 is 2.80 bits per heavy atom. The summed E-state index contributed by atoms with van der Waals surface area (Å²) < 4.78 is 0. The lowest BCUT2D eigenvalue weighted by atomic mass is 9.81. The maximum atomic E-state index is 12.6. The van der Waals surface area contributed by atoms with Crippen molar-refractivity contribution in [3.05, 3.63) is 43.1 Å². The van der Waals surface area contributed by atoms with Gasteiger partial charge >= 0.3 is 5.97 Å². The number of rotatable bonds is 4. The Morgan fingerprint density at radius 1 is 1.36 bits per heavy atom. The molecule has 7 heteroatoms. The lowest BCUT2D eigenvalue weighted by Gasteiger charge is -2.25. The normalized spacial score (nSPS) is 25.4. The predicted octanol–water partition coefficient (Wildman–Crippen LogP) is 1.17. The standard InChI is InChI=1S/C18H18N4O3/c1-2-7-21-10-18(17(24)25)11-22(9-12(18)16(21)23)15-8-19-13-5-3-4-6-14(13)20-15/h2-6,8,12H,1,7,9-11H2,(H,24,25)/t12-,18+/m1/s1. The number of fused-ring (bicyclic) bond motifs is 2. The van der Waals surface area contributed by atoms with Gasteiger partial charge in [0.1, 0.15) is 11.2 Å². The molecular weight excluding hydrogens is 320 g/mol. The molecule has 0 unspecified atom stereocenters. The average Bonchev–Trinajstić information content (AvgIpc) is 3.12. The van der Waals surface area contributed by atoms with Crippen molar-refractivity contribution >= 4 is 28.7 Å². The summed E-state index contributed by atoms with van der Waals surface area (Å²) in [7, 11) is 0. The molecule has 2 saturated heterocycles. The first-order valence-corrected chi connectivity index (χ1v) is 8.15. The molecular formula is C18H18N4O3. The number of aliphatic carboxylic acids is 1. The molecule has 0 radical (unpaired) electrons. The van der Waals surface area contributed by atoms with Crippen LogP contribution in [-0.2, 0) is 9.59 Å². The van der Waals surface area contributed by atoms with E-state index in [0.717, 1.165) is 11.0 Å². The Labute approximate surface area is 144 Å². The molecule has 0 aliphatic carbocycles. The minimum absolute atomic E-state index is 0.126. The number of likely N-dealkylation sites (tertiary alicyclic amines) is 1. The highest BCUT2D eigenvalue weighted by Crippen LogP contribution is 2.44. The molecule has 3 heterocycles. The largest absolute Gasteiger partial charge is 0.481 e. The molecule has 0 bridgehead atoms. The van der Waals surface area contributed by atoms with Crippen LogP contribution in [0.3, 0.4) is 0 Å². The molecule has 25 heavy (non-hydrogen) atoms. The zero-order valence-electron chi connectivity index (χ0n) is 13.6. The predicted molar refractivity (Wildman–Crippen MR) is 92.1 cm³/mol. The molecule has 2 atom stereocenters. The van der Waals surface area contributed by atoms with Crippen molar-refractivity contribution in [3.63, 3.8) is 0 Å². The van der Waals surface area contributed by atoms with Gasteiger partial charge in [0.2, 0.25) is 5.91 Å². The Bertz CT molecular complexity index is 884. The molecule has 7 nitrogen and oxygen atoms in total. The van der Waals surface area contributed by atoms with Crippen molar-refractivity contribution in [2.24, 2.45) is 11.3 Å². The van der Waals surface area contributed by atoms with Gasteiger partial charge in [-0.2, -0.15) is 0 Å². The van der Waals surface area contributed by atoms with Crippen LogP contribution in [0.15, 0.2) is 43.1 Å². The molecule has 2 aromatic rings. The number of amides is 1. The van der Waals surface area contributed by atoms with Gasteiger partial charge in [-0.25, -0.2) is 4.98 Å². The third-order valence-corrected chi connectivity index (χ3v) is 5.16. The second-order valence-corrected chi connectivity index (χ2v) is 6.62. The quantitative estimate of drug-likeness (QED) is 0.842. The van der Waals surface area contributed by atoms with Crippen molar-refractivity contribution < 1.29 is 14.7 Å². The first-order valence-electron chi connectivity index (χ1n) is 8.15. The molecule has 1 amide bonds. The number of aromatic nitrogens is 2. The van der Waals surface area contributed by atoms with Crippen LogP contribution in [0.2, 0.25) is 0 Å². The minimum atomic E-state index is -1.10. The number of carboxylic acids is 1. The third-order valence-electron chi connectivity index (χ3n) is 5.16. The lowest BCUT2D eigenvalue weighted by Crippen LogP contribution is -2.41. The summed E-state index contributed by atoms with van der Waals surface area (Å²) in [5.74, 6) is -1.03.